The van der Waals surface area contributed by atoms with Gasteiger partial charge in [-0.3, -0.25) is 14.9 Å². The van der Waals surface area contributed by atoms with Crippen molar-refractivity contribution < 1.29 is 19.9 Å². The van der Waals surface area contributed by atoms with E-state index in [-0.39, 0.29) is 11.6 Å². The van der Waals surface area contributed by atoms with Crippen molar-refractivity contribution in [2.75, 3.05) is 7.11 Å². The Kier molecular flexibility index (Phi) is 4.07. The second kappa shape index (κ2) is 5.95. The minimum absolute atomic E-state index is 0.0663. The summed E-state index contributed by atoms with van der Waals surface area (Å²) in [6.07, 6.45) is 2.81. The molecule has 9 nitrogen and oxygen atoms in total. The van der Waals surface area contributed by atoms with Gasteiger partial charge in [-0.15, -0.1) is 0 Å². The van der Waals surface area contributed by atoms with Crippen LogP contribution < -0.4 is 10.3 Å². The summed E-state index contributed by atoms with van der Waals surface area (Å²) in [4.78, 5) is 26.7. The number of aromatic hydroxyl groups is 2. The van der Waals surface area contributed by atoms with Gasteiger partial charge in [-0.2, -0.15) is 4.98 Å². The van der Waals surface area contributed by atoms with Gasteiger partial charge in [0.05, 0.1) is 12.0 Å². The summed E-state index contributed by atoms with van der Waals surface area (Å²) >= 11 is 0. The molecular weight excluding hydrogens is 294 g/mol. The Balaban J connectivity index is 2.33. The normalized spacial score (nSPS) is 10.8. The highest BCUT2D eigenvalue weighted by Crippen LogP contribution is 2.27. The molecule has 0 radical (unpaired) electrons. The predicted octanol–water partition coefficient (Wildman–Crippen LogP) is 1.27. The first-order valence-corrected chi connectivity index (χ1v) is 5.95. The van der Waals surface area contributed by atoms with E-state index in [9.17, 15) is 25.1 Å². The molecule has 9 heteroatoms. The molecule has 1 aromatic heterocycles. The van der Waals surface area contributed by atoms with Gasteiger partial charge in [-0.1, -0.05) is 12.1 Å². The number of ether oxygens (including phenoxy) is 1. The Hall–Kier alpha value is -3.36. The number of phenols is 1. The van der Waals surface area contributed by atoms with Gasteiger partial charge in [0.2, 0.25) is 0 Å². The van der Waals surface area contributed by atoms with E-state index in [2.05, 4.69) is 9.97 Å². The molecule has 2 rings (SSSR count). The Morgan fingerprint density at radius 3 is 2.64 bits per heavy atom. The van der Waals surface area contributed by atoms with Crippen LogP contribution in [0.25, 0.3) is 12.2 Å². The van der Waals surface area contributed by atoms with Crippen LogP contribution >= 0.6 is 0 Å². The van der Waals surface area contributed by atoms with Crippen molar-refractivity contribution >= 4 is 17.8 Å². The van der Waals surface area contributed by atoms with Crippen LogP contribution in [0.3, 0.4) is 0 Å². The molecule has 22 heavy (non-hydrogen) atoms. The van der Waals surface area contributed by atoms with Gasteiger partial charge in [0.15, 0.2) is 11.5 Å². The third-order valence-electron chi connectivity index (χ3n) is 2.71. The van der Waals surface area contributed by atoms with E-state index in [0.717, 1.165) is 0 Å². The van der Waals surface area contributed by atoms with Gasteiger partial charge in [0.25, 0.3) is 5.88 Å². The molecule has 2 aromatic rings. The lowest BCUT2D eigenvalue weighted by atomic mass is 10.2. The second-order valence-electron chi connectivity index (χ2n) is 4.15. The molecule has 0 fully saturated rings. The number of phenolic OH excluding ortho intramolecular Hbond substituents is 1. The lowest BCUT2D eigenvalue weighted by Gasteiger charge is -2.03. The number of nitrogens with zero attached hydrogens (tertiary/aromatic N) is 2. The van der Waals surface area contributed by atoms with Crippen molar-refractivity contribution in [1.82, 2.24) is 9.97 Å². The van der Waals surface area contributed by atoms with Crippen LogP contribution in [0.15, 0.2) is 23.0 Å². The van der Waals surface area contributed by atoms with E-state index >= 15 is 0 Å². The molecule has 0 atom stereocenters. The molecule has 3 N–H and O–H groups in total. The van der Waals surface area contributed by atoms with Gasteiger partial charge in [0.1, 0.15) is 5.82 Å². The third kappa shape index (κ3) is 3.03. The Morgan fingerprint density at radius 1 is 1.36 bits per heavy atom. The topological polar surface area (TPSA) is 139 Å². The van der Waals surface area contributed by atoms with Crippen LogP contribution in [-0.4, -0.2) is 32.2 Å². The molecule has 0 amide bonds. The number of hydrogen-bond acceptors (Lipinski definition) is 7. The quantitative estimate of drug-likeness (QED) is 0.571. The van der Waals surface area contributed by atoms with Gasteiger partial charge in [-0.05, 0) is 23.8 Å². The second-order valence-corrected chi connectivity index (χ2v) is 4.15. The van der Waals surface area contributed by atoms with Gasteiger partial charge >= 0.3 is 11.2 Å². The number of rotatable bonds is 4. The summed E-state index contributed by atoms with van der Waals surface area (Å²) in [6, 6.07) is 4.59. The molecule has 0 unspecified atom stereocenters. The number of hydrogen-bond donors (Lipinski definition) is 3. The zero-order valence-corrected chi connectivity index (χ0v) is 11.3. The van der Waals surface area contributed by atoms with Crippen molar-refractivity contribution in [2.45, 2.75) is 0 Å². The molecule has 114 valence electrons. The van der Waals surface area contributed by atoms with Crippen LogP contribution in [0, 0.1) is 10.1 Å². The lowest BCUT2D eigenvalue weighted by Crippen LogP contribution is -2.14. The van der Waals surface area contributed by atoms with E-state index in [1.807, 2.05) is 0 Å². The van der Waals surface area contributed by atoms with Crippen molar-refractivity contribution in [3.8, 4) is 17.4 Å². The first-order valence-electron chi connectivity index (χ1n) is 5.95. The monoisotopic (exact) mass is 305 g/mol. The van der Waals surface area contributed by atoms with Crippen molar-refractivity contribution in [3.63, 3.8) is 0 Å². The molecule has 0 aliphatic carbocycles. The van der Waals surface area contributed by atoms with Crippen molar-refractivity contribution in [3.05, 3.63) is 50.1 Å². The Labute approximate surface area is 123 Å². The van der Waals surface area contributed by atoms with E-state index in [4.69, 9.17) is 4.74 Å². The molecular formula is C13H11N3O6. The third-order valence-corrected chi connectivity index (χ3v) is 2.71. The zero-order chi connectivity index (χ0) is 16.3. The summed E-state index contributed by atoms with van der Waals surface area (Å²) < 4.78 is 4.90. The Bertz CT molecular complexity index is 812. The molecule has 1 heterocycles. The minimum Gasteiger partial charge on any atom is -0.504 e. The maximum absolute atomic E-state index is 11.5. The van der Waals surface area contributed by atoms with E-state index in [1.165, 1.54) is 25.3 Å². The highest BCUT2D eigenvalue weighted by atomic mass is 16.6. The summed E-state index contributed by atoms with van der Waals surface area (Å²) in [5, 5.41) is 29.6. The van der Waals surface area contributed by atoms with Crippen molar-refractivity contribution in [2.24, 2.45) is 0 Å². The molecule has 1 aromatic carbocycles. The van der Waals surface area contributed by atoms with Crippen LogP contribution in [-0.2, 0) is 0 Å². The molecule has 0 saturated heterocycles. The van der Waals surface area contributed by atoms with Crippen LogP contribution in [0.5, 0.6) is 17.4 Å². The maximum Gasteiger partial charge on any atom is 0.395 e. The van der Waals surface area contributed by atoms with E-state index in [0.29, 0.717) is 11.3 Å². The standard InChI is InChI=1S/C13H11N3O6/c1-22-9-4-2-7(6-8(9)17)3-5-10-14-12(18)11(16(20)21)13(19)15-10/h2-6,17H,1H3,(H2,14,15,18,19). The van der Waals surface area contributed by atoms with Gasteiger partial charge in [-0.25, -0.2) is 0 Å². The average Bonchev–Trinajstić information content (AvgIpc) is 2.44. The van der Waals surface area contributed by atoms with Crippen LogP contribution in [0.2, 0.25) is 0 Å². The van der Waals surface area contributed by atoms with E-state index in [1.54, 1.807) is 12.1 Å². The number of methoxy groups -OCH3 is 1. The number of aromatic nitrogens is 2. The summed E-state index contributed by atoms with van der Waals surface area (Å²) in [6.45, 7) is 0. The van der Waals surface area contributed by atoms with E-state index < -0.39 is 22.0 Å². The summed E-state index contributed by atoms with van der Waals surface area (Å²) in [7, 11) is 1.42. The number of H-pyrrole nitrogens is 1. The van der Waals surface area contributed by atoms with Crippen LogP contribution in [0.1, 0.15) is 11.4 Å². The van der Waals surface area contributed by atoms with Crippen molar-refractivity contribution in [1.29, 1.82) is 0 Å². The van der Waals surface area contributed by atoms with Gasteiger partial charge < -0.3 is 19.9 Å². The average molecular weight is 305 g/mol. The van der Waals surface area contributed by atoms with Gasteiger partial charge in [0, 0.05) is 0 Å². The highest BCUT2D eigenvalue weighted by Gasteiger charge is 2.21. The molecule has 0 aliphatic heterocycles. The zero-order valence-electron chi connectivity index (χ0n) is 11.3. The molecule has 0 aliphatic rings. The fourth-order valence-electron chi connectivity index (χ4n) is 1.70. The first-order chi connectivity index (χ1) is 10.4. The molecule has 0 bridgehead atoms. The van der Waals surface area contributed by atoms with Crippen LogP contribution in [0.4, 0.5) is 5.69 Å². The largest absolute Gasteiger partial charge is 0.504 e. The summed E-state index contributed by atoms with van der Waals surface area (Å²) in [5.74, 6) is -0.802. The minimum atomic E-state index is -1.06. The maximum atomic E-state index is 11.5. The summed E-state index contributed by atoms with van der Waals surface area (Å²) in [5.41, 5.74) is -1.51. The first kappa shape index (κ1) is 15.0. The predicted molar refractivity (Wildman–Crippen MR) is 76.8 cm³/mol. The lowest BCUT2D eigenvalue weighted by molar-refractivity contribution is -0.387. The fourth-order valence-corrected chi connectivity index (χ4v) is 1.70. The fraction of sp³-hybridized carbons (Fsp3) is 0.0769. The highest BCUT2D eigenvalue weighted by molar-refractivity contribution is 5.68. The number of benzene rings is 1. The molecule has 0 spiro atoms. The Morgan fingerprint density at radius 2 is 2.09 bits per heavy atom. The number of nitrogens with one attached hydrogen (secondary N) is 1. The smallest absolute Gasteiger partial charge is 0.395 e. The number of aromatic amines is 1. The molecule has 0 saturated carbocycles. The number of nitro groups is 1. The SMILES string of the molecule is COc1ccc(C=Cc2nc(O)c([N+](=O)[O-])c(=O)[nH]2)cc1O.